The molecule has 10 heteroatoms. The summed E-state index contributed by atoms with van der Waals surface area (Å²) in [5.74, 6) is -1.91. The summed E-state index contributed by atoms with van der Waals surface area (Å²) >= 11 is 0. The molecule has 0 N–H and O–H groups in total. The minimum atomic E-state index is -4.19. The largest absolute Gasteiger partial charge is 0.269 e. The average molecular weight is 339 g/mol. The van der Waals surface area contributed by atoms with Crippen LogP contribution in [0.15, 0.2) is 52.8 Å². The Bertz CT molecular complexity index is 955. The molecule has 1 amide bonds. The molecule has 0 unspecified atom stereocenters. The fraction of sp³-hybridized carbons (Fsp3) is 0.0833. The maximum Gasteiger partial charge on any atom is 0.269 e. The fourth-order valence-electron chi connectivity index (χ4n) is 2.02. The number of carbonyl (C=O) groups excluding carboxylic acids is 1. The van der Waals surface area contributed by atoms with Gasteiger partial charge in [-0.05, 0) is 18.2 Å². The van der Waals surface area contributed by atoms with Gasteiger partial charge in [-0.2, -0.15) is 0 Å². The quantitative estimate of drug-likeness (QED) is 0.726. The zero-order chi connectivity index (χ0) is 16.0. The number of nitrogens with zero attached hydrogens (tertiary/aromatic N) is 3. The molecule has 0 fully saturated rings. The molecule has 22 heavy (non-hydrogen) atoms. The van der Waals surface area contributed by atoms with Gasteiger partial charge in [0, 0.05) is 12.4 Å². The smallest absolute Gasteiger partial charge is 0.268 e. The molecule has 3 rings (SSSR count). The van der Waals surface area contributed by atoms with Crippen LogP contribution in [0.1, 0.15) is 10.4 Å². The highest BCUT2D eigenvalue weighted by Gasteiger charge is 2.43. The molecule has 1 aliphatic heterocycles. The normalized spacial score (nSPS) is 16.5. The predicted molar refractivity (Wildman–Crippen MR) is 73.9 cm³/mol. The number of rotatable bonds is 3. The number of hydrogen-bond donors (Lipinski definition) is 0. The van der Waals surface area contributed by atoms with Gasteiger partial charge in [0.15, 0.2) is 0 Å². The van der Waals surface area contributed by atoms with Crippen LogP contribution in [-0.2, 0) is 19.9 Å². The Hall–Kier alpha value is -2.33. The van der Waals surface area contributed by atoms with Crippen LogP contribution < -0.4 is 0 Å². The highest BCUT2D eigenvalue weighted by atomic mass is 32.2. The third-order valence-electron chi connectivity index (χ3n) is 3.02. The minimum Gasteiger partial charge on any atom is -0.268 e. The summed E-state index contributed by atoms with van der Waals surface area (Å²) in [5.41, 5.74) is -0.0494. The predicted octanol–water partition coefficient (Wildman–Crippen LogP) is 0.0525. The first-order chi connectivity index (χ1) is 10.3. The van der Waals surface area contributed by atoms with Crippen LogP contribution in [0.3, 0.4) is 0 Å². The lowest BCUT2D eigenvalue weighted by Crippen LogP contribution is -2.35. The maximum atomic E-state index is 12.3. The van der Waals surface area contributed by atoms with E-state index >= 15 is 0 Å². The average Bonchev–Trinajstić information content (AvgIpc) is 2.70. The molecule has 0 bridgehead atoms. The van der Waals surface area contributed by atoms with Crippen LogP contribution in [0.25, 0.3) is 0 Å². The molecule has 1 aromatic carbocycles. The molecule has 1 aromatic heterocycles. The molecule has 114 valence electrons. The fourth-order valence-corrected chi connectivity index (χ4v) is 5.21. The van der Waals surface area contributed by atoms with E-state index in [0.717, 1.165) is 0 Å². The van der Waals surface area contributed by atoms with Gasteiger partial charge in [0.1, 0.15) is 10.8 Å². The van der Waals surface area contributed by atoms with E-state index < -0.39 is 36.8 Å². The zero-order valence-electron chi connectivity index (χ0n) is 10.9. The molecule has 0 atom stereocenters. The van der Waals surface area contributed by atoms with Gasteiger partial charge in [0.25, 0.3) is 15.9 Å². The summed E-state index contributed by atoms with van der Waals surface area (Å²) in [5, 5.41) is -0.533. The molecule has 0 saturated carbocycles. The molecule has 0 spiro atoms. The van der Waals surface area contributed by atoms with Crippen LogP contribution >= 0.6 is 0 Å². The Morgan fingerprint density at radius 2 is 1.68 bits per heavy atom. The SMILES string of the molecule is O=C1c2ccccc2S(=O)(=O)N1CS(=O)(=O)c1ncccn1. The number of aromatic nitrogens is 2. The monoisotopic (exact) mass is 339 g/mol. The number of benzene rings is 1. The summed E-state index contributed by atoms with van der Waals surface area (Å²) in [4.78, 5) is 19.1. The summed E-state index contributed by atoms with van der Waals surface area (Å²) < 4.78 is 49.3. The van der Waals surface area contributed by atoms with Crippen molar-refractivity contribution in [3.63, 3.8) is 0 Å². The number of sulfonamides is 1. The molecule has 0 aliphatic carbocycles. The van der Waals surface area contributed by atoms with Crippen LogP contribution in [0, 0.1) is 0 Å². The van der Waals surface area contributed by atoms with Gasteiger partial charge >= 0.3 is 0 Å². The number of carbonyl (C=O) groups is 1. The second-order valence-electron chi connectivity index (χ2n) is 4.43. The standard InChI is InChI=1S/C12H9N3O5S2/c16-11-9-4-1-2-5-10(9)22(19,20)15(11)8-21(17,18)12-13-6-3-7-14-12/h1-7H,8H2. The van der Waals surface area contributed by atoms with Crippen LogP contribution in [0.4, 0.5) is 0 Å². The van der Waals surface area contributed by atoms with E-state index in [1.54, 1.807) is 0 Å². The maximum absolute atomic E-state index is 12.3. The van der Waals surface area contributed by atoms with Gasteiger partial charge in [-0.1, -0.05) is 12.1 Å². The van der Waals surface area contributed by atoms with Crippen molar-refractivity contribution in [3.05, 3.63) is 48.3 Å². The lowest BCUT2D eigenvalue weighted by atomic mass is 10.2. The molecule has 1 aliphatic rings. The highest BCUT2D eigenvalue weighted by Crippen LogP contribution is 2.30. The van der Waals surface area contributed by atoms with Gasteiger partial charge in [-0.15, -0.1) is 0 Å². The third-order valence-corrected chi connectivity index (χ3v) is 6.34. The number of hydrogen-bond acceptors (Lipinski definition) is 7. The van der Waals surface area contributed by atoms with E-state index in [2.05, 4.69) is 9.97 Å². The lowest BCUT2D eigenvalue weighted by Gasteiger charge is -2.14. The Labute approximate surface area is 126 Å². The Morgan fingerprint density at radius 1 is 1.05 bits per heavy atom. The third kappa shape index (κ3) is 2.16. The van der Waals surface area contributed by atoms with Crippen molar-refractivity contribution in [2.45, 2.75) is 10.1 Å². The topological polar surface area (TPSA) is 114 Å². The lowest BCUT2D eigenvalue weighted by molar-refractivity contribution is 0.0885. The van der Waals surface area contributed by atoms with Gasteiger partial charge < -0.3 is 0 Å². The summed E-state index contributed by atoms with van der Waals surface area (Å²) in [6.45, 7) is 0. The molecular formula is C12H9N3O5S2. The van der Waals surface area contributed by atoms with Crippen LogP contribution in [-0.4, -0.2) is 42.9 Å². The summed E-state index contributed by atoms with van der Waals surface area (Å²) in [6.07, 6.45) is 2.43. The highest BCUT2D eigenvalue weighted by molar-refractivity contribution is 7.94. The number of amides is 1. The first-order valence-electron chi connectivity index (χ1n) is 6.00. The van der Waals surface area contributed by atoms with E-state index in [1.165, 1.54) is 42.7 Å². The van der Waals surface area contributed by atoms with Crippen molar-refractivity contribution in [1.82, 2.24) is 14.3 Å². The van der Waals surface area contributed by atoms with Crippen molar-refractivity contribution in [1.29, 1.82) is 0 Å². The minimum absolute atomic E-state index is 0.0494. The second-order valence-corrected chi connectivity index (χ2v) is 8.11. The van der Waals surface area contributed by atoms with Crippen molar-refractivity contribution in [3.8, 4) is 0 Å². The molecule has 8 nitrogen and oxygen atoms in total. The van der Waals surface area contributed by atoms with E-state index in [-0.39, 0.29) is 10.5 Å². The molecule has 0 saturated heterocycles. The van der Waals surface area contributed by atoms with Crippen LogP contribution in [0.2, 0.25) is 0 Å². The van der Waals surface area contributed by atoms with Gasteiger partial charge in [-0.3, -0.25) is 4.79 Å². The van der Waals surface area contributed by atoms with Gasteiger partial charge in [0.2, 0.25) is 15.0 Å². The number of fused-ring (bicyclic) bond motifs is 1. The first-order valence-corrected chi connectivity index (χ1v) is 9.09. The van der Waals surface area contributed by atoms with Crippen molar-refractivity contribution in [2.75, 3.05) is 5.88 Å². The number of sulfone groups is 1. The van der Waals surface area contributed by atoms with Crippen molar-refractivity contribution >= 4 is 25.8 Å². The van der Waals surface area contributed by atoms with Gasteiger partial charge in [-0.25, -0.2) is 31.1 Å². The van der Waals surface area contributed by atoms with E-state index in [9.17, 15) is 21.6 Å². The Morgan fingerprint density at radius 3 is 2.32 bits per heavy atom. The van der Waals surface area contributed by atoms with Crippen LogP contribution in [0.5, 0.6) is 0 Å². The van der Waals surface area contributed by atoms with E-state index in [0.29, 0.717) is 4.31 Å². The molecule has 2 heterocycles. The summed E-state index contributed by atoms with van der Waals surface area (Å²) in [6, 6.07) is 6.98. The molecular weight excluding hydrogens is 330 g/mol. The molecule has 0 radical (unpaired) electrons. The van der Waals surface area contributed by atoms with Crippen molar-refractivity contribution in [2.24, 2.45) is 0 Å². The first kappa shape index (κ1) is 14.6. The Balaban J connectivity index is 2.03. The zero-order valence-corrected chi connectivity index (χ0v) is 12.6. The van der Waals surface area contributed by atoms with E-state index in [4.69, 9.17) is 0 Å². The molecule has 2 aromatic rings. The van der Waals surface area contributed by atoms with E-state index in [1.807, 2.05) is 0 Å². The van der Waals surface area contributed by atoms with Gasteiger partial charge in [0.05, 0.1) is 5.56 Å². The second kappa shape index (κ2) is 4.85. The Kier molecular flexibility index (Phi) is 3.22. The summed E-state index contributed by atoms with van der Waals surface area (Å²) in [7, 11) is -8.35. The van der Waals surface area contributed by atoms with Crippen molar-refractivity contribution < 1.29 is 21.6 Å².